The molecule has 0 saturated heterocycles. The van der Waals surface area contributed by atoms with Gasteiger partial charge in [-0.25, -0.2) is 4.98 Å². The lowest BCUT2D eigenvalue weighted by Gasteiger charge is -2.09. The number of halogens is 1. The van der Waals surface area contributed by atoms with E-state index >= 15 is 0 Å². The number of hydrogen-bond acceptors (Lipinski definition) is 3. The summed E-state index contributed by atoms with van der Waals surface area (Å²) >= 11 is 5.26. The predicted molar refractivity (Wildman–Crippen MR) is 79.9 cm³/mol. The van der Waals surface area contributed by atoms with Gasteiger partial charge in [0.25, 0.3) is 0 Å². The maximum Gasteiger partial charge on any atom is 0.122 e. The second-order valence-corrected chi connectivity index (χ2v) is 7.25. The molecule has 0 aliphatic carbocycles. The van der Waals surface area contributed by atoms with Crippen molar-refractivity contribution >= 4 is 27.3 Å². The van der Waals surface area contributed by atoms with Crippen molar-refractivity contribution in [3.05, 3.63) is 39.0 Å². The van der Waals surface area contributed by atoms with Crippen molar-refractivity contribution < 1.29 is 0 Å². The Morgan fingerprint density at radius 2 is 2.28 bits per heavy atom. The van der Waals surface area contributed by atoms with Gasteiger partial charge in [-0.3, -0.25) is 0 Å². The third kappa shape index (κ3) is 3.93. The molecule has 1 N–H and O–H groups in total. The summed E-state index contributed by atoms with van der Waals surface area (Å²) in [7, 11) is 0. The monoisotopic (exact) mass is 327 g/mol. The molecule has 0 saturated carbocycles. The van der Waals surface area contributed by atoms with E-state index < -0.39 is 0 Å². The number of hydrogen-bond donors (Lipinski definition) is 1. The Kier molecular flexibility index (Phi) is 4.97. The average molecular weight is 328 g/mol. The van der Waals surface area contributed by atoms with Gasteiger partial charge in [0.05, 0.1) is 16.9 Å². The lowest BCUT2D eigenvalue weighted by Crippen LogP contribution is -2.21. The Labute approximate surface area is 120 Å². The Balaban J connectivity index is 1.95. The summed E-state index contributed by atoms with van der Waals surface area (Å²) in [5.74, 6) is 1.77. The normalized spacial score (nSPS) is 11.3. The minimum Gasteiger partial charge on any atom is -0.329 e. The highest BCUT2D eigenvalue weighted by Crippen LogP contribution is 2.23. The molecule has 0 aliphatic heterocycles. The molecule has 3 nitrogen and oxygen atoms in total. The minimum absolute atomic E-state index is 0.668. The fourth-order valence-corrected chi connectivity index (χ4v) is 3.21. The molecule has 0 unspecified atom stereocenters. The lowest BCUT2D eigenvalue weighted by molar-refractivity contribution is 0.533. The van der Waals surface area contributed by atoms with Crippen molar-refractivity contribution in [3.8, 4) is 0 Å². The van der Waals surface area contributed by atoms with Gasteiger partial charge in [-0.2, -0.15) is 0 Å². The van der Waals surface area contributed by atoms with Crippen molar-refractivity contribution in [2.75, 3.05) is 6.54 Å². The number of imidazole rings is 1. The maximum absolute atomic E-state index is 4.41. The molecular formula is C13H18BrN3S. The molecule has 0 radical (unpaired) electrons. The van der Waals surface area contributed by atoms with Gasteiger partial charge >= 0.3 is 0 Å². The molecule has 0 bridgehead atoms. The quantitative estimate of drug-likeness (QED) is 0.879. The fourth-order valence-electron chi connectivity index (χ4n) is 1.73. The molecule has 18 heavy (non-hydrogen) atoms. The van der Waals surface area contributed by atoms with E-state index in [1.807, 2.05) is 12.4 Å². The highest BCUT2D eigenvalue weighted by atomic mass is 79.9. The first-order valence-corrected chi connectivity index (χ1v) is 7.71. The third-order valence-electron chi connectivity index (χ3n) is 2.59. The van der Waals surface area contributed by atoms with Crippen LogP contribution in [0.25, 0.3) is 0 Å². The zero-order chi connectivity index (χ0) is 13.0. The first-order chi connectivity index (χ1) is 8.65. The van der Waals surface area contributed by atoms with Crippen LogP contribution in [0.1, 0.15) is 24.5 Å². The molecule has 0 spiro atoms. The molecule has 2 aromatic heterocycles. The van der Waals surface area contributed by atoms with E-state index in [1.165, 1.54) is 8.66 Å². The molecule has 0 amide bonds. The van der Waals surface area contributed by atoms with Crippen LogP contribution in [0.15, 0.2) is 28.3 Å². The lowest BCUT2D eigenvalue weighted by atomic mass is 10.2. The summed E-state index contributed by atoms with van der Waals surface area (Å²) in [6.07, 6.45) is 3.91. The molecule has 0 atom stereocenters. The van der Waals surface area contributed by atoms with E-state index in [0.29, 0.717) is 5.92 Å². The Morgan fingerprint density at radius 1 is 1.44 bits per heavy atom. The average Bonchev–Trinajstić information content (AvgIpc) is 2.89. The van der Waals surface area contributed by atoms with Gasteiger partial charge in [-0.1, -0.05) is 13.8 Å². The summed E-state index contributed by atoms with van der Waals surface area (Å²) in [4.78, 5) is 5.75. The molecule has 5 heteroatoms. The van der Waals surface area contributed by atoms with Crippen LogP contribution in [0.5, 0.6) is 0 Å². The first kappa shape index (κ1) is 13.8. The molecule has 2 rings (SSSR count). The zero-order valence-electron chi connectivity index (χ0n) is 10.7. The van der Waals surface area contributed by atoms with Crippen LogP contribution in [0.3, 0.4) is 0 Å². The summed E-state index contributed by atoms with van der Waals surface area (Å²) < 4.78 is 3.38. The van der Waals surface area contributed by atoms with Crippen molar-refractivity contribution in [2.45, 2.75) is 26.9 Å². The van der Waals surface area contributed by atoms with E-state index in [1.54, 1.807) is 11.3 Å². The zero-order valence-corrected chi connectivity index (χ0v) is 13.1. The van der Waals surface area contributed by atoms with E-state index in [2.05, 4.69) is 56.8 Å². The third-order valence-corrected chi connectivity index (χ3v) is 4.20. The minimum atomic E-state index is 0.668. The Hall–Kier alpha value is -0.650. The van der Waals surface area contributed by atoms with Crippen LogP contribution >= 0.6 is 27.3 Å². The number of rotatable bonds is 6. The Bertz CT molecular complexity index is 490. The largest absolute Gasteiger partial charge is 0.329 e. The van der Waals surface area contributed by atoms with Gasteiger partial charge in [-0.05, 0) is 40.5 Å². The van der Waals surface area contributed by atoms with Gasteiger partial charge in [0, 0.05) is 17.3 Å². The van der Waals surface area contributed by atoms with E-state index in [-0.39, 0.29) is 0 Å². The molecule has 2 heterocycles. The van der Waals surface area contributed by atoms with Crippen LogP contribution < -0.4 is 5.32 Å². The molecule has 0 aliphatic rings. The number of aromatic nitrogens is 2. The maximum atomic E-state index is 4.41. The second-order valence-electron chi connectivity index (χ2n) is 4.70. The number of nitrogens with one attached hydrogen (secondary N) is 1. The highest BCUT2D eigenvalue weighted by molar-refractivity contribution is 9.11. The number of nitrogens with zero attached hydrogens (tertiary/aromatic N) is 2. The van der Waals surface area contributed by atoms with Crippen molar-refractivity contribution in [1.29, 1.82) is 0 Å². The number of thiophene rings is 1. The molecule has 0 fully saturated rings. The second kappa shape index (κ2) is 6.50. The smallest absolute Gasteiger partial charge is 0.122 e. The SMILES string of the molecule is CC(C)CNCc1nccn1Cc1ccc(Br)s1. The summed E-state index contributed by atoms with van der Waals surface area (Å²) in [5.41, 5.74) is 0. The van der Waals surface area contributed by atoms with E-state index in [9.17, 15) is 0 Å². The van der Waals surface area contributed by atoms with E-state index in [0.717, 1.165) is 25.5 Å². The van der Waals surface area contributed by atoms with Crippen LogP contribution in [0.2, 0.25) is 0 Å². The molecule has 2 aromatic rings. The van der Waals surface area contributed by atoms with E-state index in [4.69, 9.17) is 0 Å². The van der Waals surface area contributed by atoms with Gasteiger partial charge in [0.1, 0.15) is 5.82 Å². The predicted octanol–water partition coefficient (Wildman–Crippen LogP) is 3.50. The Morgan fingerprint density at radius 3 is 2.94 bits per heavy atom. The molecule has 0 aromatic carbocycles. The molecular weight excluding hydrogens is 310 g/mol. The standard InChI is InChI=1S/C13H18BrN3S/c1-10(2)7-15-8-13-16-5-6-17(13)9-11-3-4-12(14)18-11/h3-6,10,15H,7-9H2,1-2H3. The van der Waals surface area contributed by atoms with Gasteiger partial charge in [0.15, 0.2) is 0 Å². The van der Waals surface area contributed by atoms with Crippen LogP contribution in [-0.4, -0.2) is 16.1 Å². The highest BCUT2D eigenvalue weighted by Gasteiger charge is 2.05. The summed E-state index contributed by atoms with van der Waals surface area (Å²) in [6, 6.07) is 4.24. The van der Waals surface area contributed by atoms with Gasteiger partial charge in [-0.15, -0.1) is 11.3 Å². The topological polar surface area (TPSA) is 29.9 Å². The van der Waals surface area contributed by atoms with Gasteiger partial charge < -0.3 is 9.88 Å². The van der Waals surface area contributed by atoms with Crippen molar-refractivity contribution in [2.24, 2.45) is 5.92 Å². The fraction of sp³-hybridized carbons (Fsp3) is 0.462. The van der Waals surface area contributed by atoms with Crippen LogP contribution in [0, 0.1) is 5.92 Å². The first-order valence-electron chi connectivity index (χ1n) is 6.10. The van der Waals surface area contributed by atoms with Gasteiger partial charge in [0.2, 0.25) is 0 Å². The van der Waals surface area contributed by atoms with Crippen molar-refractivity contribution in [1.82, 2.24) is 14.9 Å². The summed E-state index contributed by atoms with van der Waals surface area (Å²) in [6.45, 7) is 7.18. The summed E-state index contributed by atoms with van der Waals surface area (Å²) in [5, 5.41) is 3.43. The van der Waals surface area contributed by atoms with Crippen molar-refractivity contribution in [3.63, 3.8) is 0 Å². The molecule has 98 valence electrons. The van der Waals surface area contributed by atoms with Crippen LogP contribution in [0.4, 0.5) is 0 Å². The van der Waals surface area contributed by atoms with Crippen LogP contribution in [-0.2, 0) is 13.1 Å².